The van der Waals surface area contributed by atoms with Crippen LogP contribution in [0.2, 0.25) is 0 Å². The first-order chi connectivity index (χ1) is 51.1. The zero-order valence-electron chi connectivity index (χ0n) is 71.1. The first kappa shape index (κ1) is 111. The number of hydrogen-bond donors (Lipinski definition) is 4. The Morgan fingerprint density at radius 3 is 0.748 bits per heavy atom. The Labute approximate surface area is 702 Å². The van der Waals surface area contributed by atoms with Gasteiger partial charge in [0.2, 0.25) is 23.6 Å². The molecular weight excluding hydrogens is 1410 g/mol. The fourth-order valence-electron chi connectivity index (χ4n) is 13.9. The topological polar surface area (TPSA) is 252 Å². The van der Waals surface area contributed by atoms with Gasteiger partial charge in [-0.25, -0.2) is 0 Å². The summed E-state index contributed by atoms with van der Waals surface area (Å²) in [7, 11) is -9.81. The van der Waals surface area contributed by atoms with Gasteiger partial charge in [-0.3, -0.25) is 28.3 Å². The molecule has 18 nitrogen and oxygen atoms in total. The Bertz CT molecular complexity index is 1890. The molecule has 0 aliphatic rings. The van der Waals surface area contributed by atoms with E-state index in [1.54, 1.807) is 0 Å². The van der Waals surface area contributed by atoms with Crippen LogP contribution in [0, 0.1) is 11.8 Å². The first-order valence-electron chi connectivity index (χ1n) is 44.6. The van der Waals surface area contributed by atoms with Crippen LogP contribution < -0.4 is 90.2 Å². The van der Waals surface area contributed by atoms with Gasteiger partial charge in [0.05, 0.1) is 51.7 Å². The van der Waals surface area contributed by atoms with Gasteiger partial charge in [0, 0.05) is 39.1 Å². The van der Waals surface area contributed by atoms with Crippen LogP contribution in [0.1, 0.15) is 433 Å². The normalized spacial score (nSPS) is 13.8. The third-order valence-electron chi connectivity index (χ3n) is 20.6. The number of carbonyl (C=O) groups excluding carboxylic acids is 4. The molecule has 0 aromatic rings. The van der Waals surface area contributed by atoms with Gasteiger partial charge >= 0.3 is 59.1 Å². The van der Waals surface area contributed by atoms with E-state index in [1.165, 1.54) is 308 Å². The molecule has 0 heterocycles. The molecule has 624 valence electrons. The molecule has 0 aromatic carbocycles. The Balaban J connectivity index is -0.0000541. The van der Waals surface area contributed by atoms with Gasteiger partial charge in [0.1, 0.15) is 6.42 Å². The Hall–Kier alpha value is 0.0200. The first-order valence-corrected chi connectivity index (χ1v) is 47.5. The van der Waals surface area contributed by atoms with E-state index in [1.807, 2.05) is 0 Å². The number of phosphoric ester groups is 2. The summed E-state index contributed by atoms with van der Waals surface area (Å²) >= 11 is 0. The maximum Gasteiger partial charge on any atom is 1.00 e. The van der Waals surface area contributed by atoms with Crippen molar-refractivity contribution in [1.29, 1.82) is 0 Å². The molecule has 0 aliphatic heterocycles. The molecule has 0 aromatic heterocycles. The van der Waals surface area contributed by atoms with Gasteiger partial charge in [-0.2, -0.15) is 0 Å². The van der Waals surface area contributed by atoms with Crippen LogP contribution in [-0.2, 0) is 55.9 Å². The number of rotatable bonds is 86. The molecule has 0 aliphatic carbocycles. The van der Waals surface area contributed by atoms with Gasteiger partial charge in [-0.15, -0.1) is 0 Å². The molecule has 4 amide bonds. The summed E-state index contributed by atoms with van der Waals surface area (Å²) in [6.07, 6.45) is 70.5. The minimum absolute atomic E-state index is 0. The number of hydrogen-bond acceptors (Lipinski definition) is 14. The Morgan fingerprint density at radius 2 is 0.505 bits per heavy atom. The number of phosphoric acid groups is 2. The van der Waals surface area contributed by atoms with E-state index < -0.39 is 59.2 Å². The number of ether oxygens (including phenoxy) is 2. The van der Waals surface area contributed by atoms with E-state index in [2.05, 4.69) is 62.8 Å². The molecule has 4 N–H and O–H groups in total. The van der Waals surface area contributed by atoms with Crippen molar-refractivity contribution in [3.05, 3.63) is 0 Å². The van der Waals surface area contributed by atoms with Crippen LogP contribution in [0.3, 0.4) is 0 Å². The summed E-state index contributed by atoms with van der Waals surface area (Å²) in [6.45, 7) is 12.4. The van der Waals surface area contributed by atoms with Crippen molar-refractivity contribution >= 4 is 39.3 Å². The van der Waals surface area contributed by atoms with Gasteiger partial charge < -0.3 is 58.6 Å². The van der Waals surface area contributed by atoms with E-state index in [4.69, 9.17) is 27.6 Å². The molecule has 107 heavy (non-hydrogen) atoms. The summed E-state index contributed by atoms with van der Waals surface area (Å²) in [5, 5.41) is 10.9. The second-order valence-electron chi connectivity index (χ2n) is 30.9. The maximum absolute atomic E-state index is 13.3. The van der Waals surface area contributed by atoms with Gasteiger partial charge in [0.15, 0.2) is 0 Å². The average Bonchev–Trinajstić information content (AvgIpc) is 0.970. The predicted octanol–water partition coefficient (Wildman–Crippen LogP) is 16.4. The summed E-state index contributed by atoms with van der Waals surface area (Å²) in [5.41, 5.74) is 0. The quantitative estimate of drug-likeness (QED) is 0.0191. The molecule has 6 atom stereocenters. The van der Waals surface area contributed by atoms with E-state index >= 15 is 0 Å². The van der Waals surface area contributed by atoms with Crippen LogP contribution in [0.25, 0.3) is 0 Å². The van der Waals surface area contributed by atoms with Crippen molar-refractivity contribution in [1.82, 2.24) is 21.3 Å². The number of amides is 4. The second kappa shape index (κ2) is 85.4. The minimum Gasteiger partial charge on any atom is -0.756 e. The third kappa shape index (κ3) is 82.4. The van der Waals surface area contributed by atoms with E-state index in [9.17, 15) is 38.1 Å². The van der Waals surface area contributed by atoms with Crippen molar-refractivity contribution in [3.8, 4) is 0 Å². The van der Waals surface area contributed by atoms with Crippen molar-refractivity contribution in [2.75, 3.05) is 65.9 Å². The fraction of sp³-hybridized carbons (Fsp3) is 0.953. The standard InChI is InChI=1S/C85H170N4O14P2.2Na/c1-7-13-19-25-29-33-37-41-45-51-57-63-82(90)88-80(74-98-69-65-78(59-53-47-23-17-11-5)61-55-49-43-39-35-31-27-21-15-9-3)76-102-104(94,95)100-71-67-86-84(92)73-85(93)87-68-72-101-105(96,97)103-77-81(89-83(91)64-58-52-46-42-38-34-30-26-20-14-8-2)75-99-70-66-79(60-54-48-24-18-12-6)62-56-50-44-40-36-32-28-22-16-10-4;;/h78-81H,7-77H2,1-6H3,(H,86,92)(H,87,93)(H,88,90)(H,89,91)(H,94,95)(H,96,97);;/q;2*+1/p-2/t78-,79-,80-,81-;;/m1../s1. The van der Waals surface area contributed by atoms with E-state index in [0.29, 0.717) is 37.9 Å². The fourth-order valence-corrected chi connectivity index (χ4v) is 15.4. The molecule has 0 fully saturated rings. The van der Waals surface area contributed by atoms with Crippen molar-refractivity contribution in [2.45, 2.75) is 445 Å². The summed E-state index contributed by atoms with van der Waals surface area (Å²) in [5.74, 6) is -0.725. The SMILES string of the molecule is CCCCCCCCCCCCCC(=O)N[C@H](COCC[C@H](CCCCCCC)CCCCCCCCCCCC)COP(=O)([O-])OCCNC(=O)CC(=O)NCCOP(=O)([O-])OC[C@@H](COCC[C@H](CCCCCCC)CCCCCCCCCCCC)NC(=O)CCCCCCCCCCCCC.[Na+].[Na+]. The monoisotopic (exact) mass is 1580 g/mol. The van der Waals surface area contributed by atoms with Gasteiger partial charge in [0.25, 0.3) is 15.6 Å². The molecule has 0 bridgehead atoms. The summed E-state index contributed by atoms with van der Waals surface area (Å²) in [4.78, 5) is 78.1. The molecule has 0 saturated carbocycles. The molecule has 0 saturated heterocycles. The second-order valence-corrected chi connectivity index (χ2v) is 33.8. The number of unbranched alkanes of at least 4 members (excludes halogenated alkanes) is 46. The van der Waals surface area contributed by atoms with Crippen LogP contribution in [0.15, 0.2) is 0 Å². The van der Waals surface area contributed by atoms with Crippen molar-refractivity contribution in [2.24, 2.45) is 11.8 Å². The maximum atomic E-state index is 13.3. The van der Waals surface area contributed by atoms with E-state index in [-0.39, 0.29) is 110 Å². The molecule has 22 heteroatoms. The van der Waals surface area contributed by atoms with Crippen LogP contribution >= 0.6 is 15.6 Å². The molecule has 0 radical (unpaired) electrons. The Morgan fingerprint density at radius 1 is 0.280 bits per heavy atom. The summed E-state index contributed by atoms with van der Waals surface area (Å²) < 4.78 is 59.3. The number of carbonyl (C=O) groups is 4. The molecule has 0 rings (SSSR count). The predicted molar refractivity (Wildman–Crippen MR) is 433 cm³/mol. The molecule has 2 unspecified atom stereocenters. The van der Waals surface area contributed by atoms with Crippen molar-refractivity contribution in [3.63, 3.8) is 0 Å². The van der Waals surface area contributed by atoms with Crippen molar-refractivity contribution < 1.29 is 125 Å². The molecule has 0 spiro atoms. The number of nitrogens with one attached hydrogen (secondary N) is 4. The van der Waals surface area contributed by atoms with Gasteiger partial charge in [-0.1, -0.05) is 388 Å². The average molecular weight is 1580 g/mol. The smallest absolute Gasteiger partial charge is 0.756 e. The largest absolute Gasteiger partial charge is 1.00 e. The zero-order chi connectivity index (χ0) is 76.9. The van der Waals surface area contributed by atoms with Crippen LogP contribution in [0.4, 0.5) is 0 Å². The van der Waals surface area contributed by atoms with Gasteiger partial charge in [-0.05, 0) is 37.5 Å². The summed E-state index contributed by atoms with van der Waals surface area (Å²) in [6, 6.07) is -1.47. The van der Waals surface area contributed by atoms with Crippen LogP contribution in [-0.4, -0.2) is 102 Å². The zero-order valence-corrected chi connectivity index (χ0v) is 76.9. The third-order valence-corrected chi connectivity index (χ3v) is 22.6. The molecular formula is C85H168N4Na2O14P2. The van der Waals surface area contributed by atoms with E-state index in [0.717, 1.165) is 64.2 Å². The van der Waals surface area contributed by atoms with Crippen LogP contribution in [0.5, 0.6) is 0 Å². The Kier molecular flexibility index (Phi) is 88.7. The minimum atomic E-state index is -4.90.